The van der Waals surface area contributed by atoms with Crippen molar-refractivity contribution >= 4 is 11.9 Å². The predicted octanol–water partition coefficient (Wildman–Crippen LogP) is 5.41. The molecule has 0 saturated carbocycles. The van der Waals surface area contributed by atoms with E-state index in [1.54, 1.807) is 0 Å². The molecule has 0 saturated heterocycles. The minimum atomic E-state index is -0.833. The van der Waals surface area contributed by atoms with Gasteiger partial charge < -0.3 is 16.2 Å². The van der Waals surface area contributed by atoms with E-state index in [9.17, 15) is 4.79 Å². The highest BCUT2D eigenvalue weighted by Crippen LogP contribution is 2.13. The monoisotopic (exact) mass is 386 g/mol. The van der Waals surface area contributed by atoms with Gasteiger partial charge in [0.1, 0.15) is 0 Å². The number of unbranched alkanes of at least 4 members (excludes halogenated alkanes) is 14. The molecular formula is C22H46N2O3. The Hall–Kier alpha value is -1.10. The summed E-state index contributed by atoms with van der Waals surface area (Å²) >= 11 is 0. The van der Waals surface area contributed by atoms with Crippen molar-refractivity contribution in [2.24, 2.45) is 5.73 Å². The number of rotatable bonds is 18. The highest BCUT2D eigenvalue weighted by molar-refractivity contribution is 5.75. The molecule has 0 aliphatic heterocycles. The van der Waals surface area contributed by atoms with E-state index in [2.05, 4.69) is 12.2 Å². The molecule has 0 aliphatic carbocycles. The molecular weight excluding hydrogens is 340 g/mol. The first-order chi connectivity index (χ1) is 13.0. The predicted molar refractivity (Wildman–Crippen MR) is 115 cm³/mol. The summed E-state index contributed by atoms with van der Waals surface area (Å²) < 4.78 is 0. The maximum atomic E-state index is 11.4. The number of carboxylic acid groups (broad SMARTS) is 1. The molecule has 1 amide bonds. The molecule has 0 rings (SSSR count). The number of hydrogen-bond acceptors (Lipinski definition) is 3. The van der Waals surface area contributed by atoms with Gasteiger partial charge in [0.25, 0.3) is 5.97 Å². The Kier molecular flexibility index (Phi) is 25.9. The van der Waals surface area contributed by atoms with Crippen LogP contribution in [0.4, 0.5) is 0 Å². The highest BCUT2D eigenvalue weighted by atomic mass is 16.4. The summed E-state index contributed by atoms with van der Waals surface area (Å²) in [6.45, 7) is 4.50. The van der Waals surface area contributed by atoms with E-state index in [4.69, 9.17) is 15.6 Å². The number of aliphatic carboxylic acids is 1. The van der Waals surface area contributed by atoms with Crippen LogP contribution < -0.4 is 11.1 Å². The first kappa shape index (κ1) is 28.1. The first-order valence-electron chi connectivity index (χ1n) is 11.2. The quantitative estimate of drug-likeness (QED) is 0.274. The Balaban J connectivity index is 0. The molecule has 5 nitrogen and oxygen atoms in total. The minimum absolute atomic E-state index is 0.158. The zero-order valence-corrected chi connectivity index (χ0v) is 18.1. The molecule has 0 atom stereocenters. The molecule has 0 aromatic carbocycles. The van der Waals surface area contributed by atoms with E-state index < -0.39 is 5.97 Å². The Morgan fingerprint density at radius 1 is 0.741 bits per heavy atom. The van der Waals surface area contributed by atoms with Crippen LogP contribution in [-0.4, -0.2) is 30.1 Å². The van der Waals surface area contributed by atoms with E-state index in [1.165, 1.54) is 89.9 Å². The molecule has 0 aromatic rings. The van der Waals surface area contributed by atoms with E-state index in [1.807, 2.05) is 0 Å². The van der Waals surface area contributed by atoms with E-state index in [0.717, 1.165) is 13.3 Å². The molecule has 0 aliphatic rings. The molecule has 0 radical (unpaired) electrons. The van der Waals surface area contributed by atoms with Crippen molar-refractivity contribution < 1.29 is 14.7 Å². The lowest BCUT2D eigenvalue weighted by Gasteiger charge is -2.04. The number of carboxylic acids is 1. The summed E-state index contributed by atoms with van der Waals surface area (Å²) in [7, 11) is 0. The Morgan fingerprint density at radius 3 is 1.41 bits per heavy atom. The van der Waals surface area contributed by atoms with Crippen LogP contribution in [0.25, 0.3) is 0 Å². The van der Waals surface area contributed by atoms with Gasteiger partial charge in [-0.15, -0.1) is 0 Å². The Bertz CT molecular complexity index is 319. The van der Waals surface area contributed by atoms with Gasteiger partial charge in [-0.25, -0.2) is 0 Å². The van der Waals surface area contributed by atoms with Crippen molar-refractivity contribution in [1.29, 1.82) is 0 Å². The summed E-state index contributed by atoms with van der Waals surface area (Å²) in [5.74, 6) is -0.676. The lowest BCUT2D eigenvalue weighted by Crippen LogP contribution is -2.28. The number of amides is 1. The summed E-state index contributed by atoms with van der Waals surface area (Å²) in [4.78, 5) is 20.4. The van der Waals surface area contributed by atoms with Gasteiger partial charge >= 0.3 is 0 Å². The van der Waals surface area contributed by atoms with Crippen molar-refractivity contribution in [2.75, 3.05) is 13.1 Å². The minimum Gasteiger partial charge on any atom is -0.481 e. The smallest absolute Gasteiger partial charge is 0.300 e. The van der Waals surface area contributed by atoms with Crippen molar-refractivity contribution in [1.82, 2.24) is 5.32 Å². The molecule has 0 fully saturated rings. The molecule has 0 unspecified atom stereocenters. The fraction of sp³-hybridized carbons (Fsp3) is 0.909. The van der Waals surface area contributed by atoms with Crippen LogP contribution in [0.5, 0.6) is 0 Å². The maximum Gasteiger partial charge on any atom is 0.300 e. The van der Waals surface area contributed by atoms with E-state index in [0.29, 0.717) is 19.5 Å². The second-order valence-electron chi connectivity index (χ2n) is 7.36. The zero-order valence-electron chi connectivity index (χ0n) is 18.1. The van der Waals surface area contributed by atoms with Gasteiger partial charge in [-0.3, -0.25) is 9.59 Å². The van der Waals surface area contributed by atoms with Crippen LogP contribution in [0.1, 0.15) is 117 Å². The van der Waals surface area contributed by atoms with Crippen LogP contribution in [0, 0.1) is 0 Å². The van der Waals surface area contributed by atoms with Gasteiger partial charge in [0.05, 0.1) is 0 Å². The third-order valence-corrected chi connectivity index (χ3v) is 4.47. The average molecular weight is 387 g/mol. The van der Waals surface area contributed by atoms with Crippen LogP contribution in [0.2, 0.25) is 0 Å². The first-order valence-corrected chi connectivity index (χ1v) is 11.2. The highest BCUT2D eigenvalue weighted by Gasteiger charge is 1.99. The van der Waals surface area contributed by atoms with E-state index >= 15 is 0 Å². The van der Waals surface area contributed by atoms with Crippen molar-refractivity contribution in [2.45, 2.75) is 117 Å². The molecule has 0 aromatic heterocycles. The standard InChI is InChI=1S/C20H42N2O.C2H4O2/c1-2-3-4-5-6-7-8-9-10-11-12-13-14-15-16-17-20(23)22-19-18-21;1-2(3)4/h2-19,21H2,1H3,(H,22,23);1H3,(H,3,4). The molecule has 0 heterocycles. The molecule has 4 N–H and O–H groups in total. The molecule has 27 heavy (non-hydrogen) atoms. The zero-order chi connectivity index (χ0) is 20.6. The molecule has 162 valence electrons. The molecule has 5 heteroatoms. The van der Waals surface area contributed by atoms with E-state index in [-0.39, 0.29) is 5.91 Å². The Morgan fingerprint density at radius 2 is 1.07 bits per heavy atom. The van der Waals surface area contributed by atoms with Crippen molar-refractivity contribution in [3.63, 3.8) is 0 Å². The summed E-state index contributed by atoms with van der Waals surface area (Å²) in [6.07, 6.45) is 21.1. The van der Waals surface area contributed by atoms with Crippen LogP contribution >= 0.6 is 0 Å². The van der Waals surface area contributed by atoms with Gasteiger partial charge in [-0.1, -0.05) is 96.8 Å². The fourth-order valence-corrected chi connectivity index (χ4v) is 2.96. The lowest BCUT2D eigenvalue weighted by molar-refractivity contribution is -0.134. The van der Waals surface area contributed by atoms with Gasteiger partial charge in [0.2, 0.25) is 5.91 Å². The van der Waals surface area contributed by atoms with Crippen molar-refractivity contribution in [3.8, 4) is 0 Å². The lowest BCUT2D eigenvalue weighted by atomic mass is 10.0. The molecule has 0 spiro atoms. The second-order valence-corrected chi connectivity index (χ2v) is 7.36. The number of carbonyl (C=O) groups is 2. The number of hydrogen-bond donors (Lipinski definition) is 3. The number of nitrogens with one attached hydrogen (secondary N) is 1. The summed E-state index contributed by atoms with van der Waals surface area (Å²) in [6, 6.07) is 0. The normalized spacial score (nSPS) is 10.2. The third kappa shape index (κ3) is 33.0. The fourth-order valence-electron chi connectivity index (χ4n) is 2.96. The van der Waals surface area contributed by atoms with Gasteiger partial charge in [-0.2, -0.15) is 0 Å². The SMILES string of the molecule is CC(=O)O.CCCCCCCCCCCCCCCCCC(=O)NCCN. The maximum absolute atomic E-state index is 11.4. The third-order valence-electron chi connectivity index (χ3n) is 4.47. The van der Waals surface area contributed by atoms with Crippen molar-refractivity contribution in [3.05, 3.63) is 0 Å². The summed E-state index contributed by atoms with van der Waals surface area (Å²) in [5, 5.41) is 10.2. The number of carbonyl (C=O) groups excluding carboxylic acids is 1. The van der Waals surface area contributed by atoms with Crippen LogP contribution in [0.15, 0.2) is 0 Å². The average Bonchev–Trinajstić information content (AvgIpc) is 2.62. The largest absolute Gasteiger partial charge is 0.481 e. The van der Waals surface area contributed by atoms with Gasteiger partial charge in [0, 0.05) is 26.4 Å². The summed E-state index contributed by atoms with van der Waals surface area (Å²) in [5.41, 5.74) is 5.35. The molecule has 0 bridgehead atoms. The van der Waals surface area contributed by atoms with Crippen LogP contribution in [0.3, 0.4) is 0 Å². The van der Waals surface area contributed by atoms with Gasteiger partial charge in [0.15, 0.2) is 0 Å². The Labute approximate surface area is 167 Å². The second kappa shape index (κ2) is 24.9. The van der Waals surface area contributed by atoms with Crippen LogP contribution in [-0.2, 0) is 9.59 Å². The van der Waals surface area contributed by atoms with Gasteiger partial charge in [-0.05, 0) is 6.42 Å². The topological polar surface area (TPSA) is 92.4 Å². The number of nitrogens with two attached hydrogens (primary N) is 1.